The van der Waals surface area contributed by atoms with Crippen molar-refractivity contribution in [2.24, 2.45) is 5.92 Å². The molecule has 3 N–H and O–H groups in total. The van der Waals surface area contributed by atoms with Gasteiger partial charge in [-0.1, -0.05) is 31.9 Å². The molecular formula is C16H19ClN2O4S. The molecule has 1 aromatic rings. The molecule has 2 amide bonds. The zero-order valence-electron chi connectivity index (χ0n) is 13.3. The number of rotatable bonds is 6. The molecule has 1 aromatic carbocycles. The maximum Gasteiger partial charge on any atom is 0.326 e. The second kappa shape index (κ2) is 7.90. The molecular weight excluding hydrogens is 352 g/mol. The standard InChI is InChI=1S/C16H19ClN2O4S/c1-3-8(2)14(16(22)23)19-13(20)7-12-15(21)18-10-6-9(17)4-5-11(10)24-12/h4-6,8,12,14H,3,7H2,1-2H3,(H,18,21)(H,19,20)(H,22,23). The van der Waals surface area contributed by atoms with E-state index >= 15 is 0 Å². The number of carbonyl (C=O) groups excluding carboxylic acids is 2. The number of thioether (sulfide) groups is 1. The summed E-state index contributed by atoms with van der Waals surface area (Å²) in [7, 11) is 0. The molecule has 0 saturated heterocycles. The molecule has 3 unspecified atom stereocenters. The Morgan fingerprint density at radius 1 is 1.46 bits per heavy atom. The first-order valence-corrected chi connectivity index (χ1v) is 8.86. The zero-order valence-corrected chi connectivity index (χ0v) is 14.9. The van der Waals surface area contributed by atoms with Gasteiger partial charge in [-0.25, -0.2) is 4.79 Å². The molecule has 6 nitrogen and oxygen atoms in total. The number of anilines is 1. The highest BCUT2D eigenvalue weighted by atomic mass is 35.5. The molecule has 0 bridgehead atoms. The smallest absolute Gasteiger partial charge is 0.326 e. The third-order valence-corrected chi connectivity index (χ3v) is 5.44. The largest absolute Gasteiger partial charge is 0.480 e. The number of benzene rings is 1. The van der Waals surface area contributed by atoms with Crippen LogP contribution in [0.5, 0.6) is 0 Å². The number of nitrogens with one attached hydrogen (secondary N) is 2. The van der Waals surface area contributed by atoms with Gasteiger partial charge in [0.05, 0.1) is 10.9 Å². The van der Waals surface area contributed by atoms with Gasteiger partial charge in [0, 0.05) is 16.3 Å². The molecule has 0 aliphatic carbocycles. The Labute approximate surface area is 149 Å². The van der Waals surface area contributed by atoms with Gasteiger partial charge in [0.1, 0.15) is 6.04 Å². The van der Waals surface area contributed by atoms with E-state index in [4.69, 9.17) is 11.6 Å². The van der Waals surface area contributed by atoms with E-state index in [1.54, 1.807) is 25.1 Å². The Morgan fingerprint density at radius 2 is 2.17 bits per heavy atom. The van der Waals surface area contributed by atoms with Gasteiger partial charge in [-0.3, -0.25) is 9.59 Å². The monoisotopic (exact) mass is 370 g/mol. The Bertz CT molecular complexity index is 667. The lowest BCUT2D eigenvalue weighted by Gasteiger charge is -2.25. The number of fused-ring (bicyclic) bond motifs is 1. The van der Waals surface area contributed by atoms with Crippen molar-refractivity contribution in [3.63, 3.8) is 0 Å². The molecule has 24 heavy (non-hydrogen) atoms. The van der Waals surface area contributed by atoms with Crippen LogP contribution in [0.1, 0.15) is 26.7 Å². The fourth-order valence-electron chi connectivity index (χ4n) is 2.34. The van der Waals surface area contributed by atoms with Gasteiger partial charge in [-0.05, 0) is 24.1 Å². The van der Waals surface area contributed by atoms with Crippen molar-refractivity contribution >= 4 is 46.8 Å². The molecule has 3 atom stereocenters. The van der Waals surface area contributed by atoms with Gasteiger partial charge in [0.15, 0.2) is 0 Å². The molecule has 8 heteroatoms. The van der Waals surface area contributed by atoms with E-state index < -0.39 is 23.2 Å². The van der Waals surface area contributed by atoms with Gasteiger partial charge in [-0.2, -0.15) is 0 Å². The molecule has 0 spiro atoms. The van der Waals surface area contributed by atoms with Crippen LogP contribution in [-0.4, -0.2) is 34.2 Å². The van der Waals surface area contributed by atoms with E-state index in [1.165, 1.54) is 11.8 Å². The highest BCUT2D eigenvalue weighted by Gasteiger charge is 2.31. The number of hydrogen-bond donors (Lipinski definition) is 3. The molecule has 0 saturated carbocycles. The van der Waals surface area contributed by atoms with Crippen LogP contribution in [-0.2, 0) is 14.4 Å². The molecule has 1 aliphatic rings. The molecule has 0 radical (unpaired) electrons. The number of aliphatic carboxylic acids is 1. The van der Waals surface area contributed by atoms with Crippen molar-refractivity contribution in [1.82, 2.24) is 5.32 Å². The lowest BCUT2D eigenvalue weighted by atomic mass is 9.99. The SMILES string of the molecule is CCC(C)C(NC(=O)CC1Sc2ccc(Cl)cc2NC1=O)C(=O)O. The van der Waals surface area contributed by atoms with Crippen LogP contribution in [0.3, 0.4) is 0 Å². The number of carbonyl (C=O) groups is 3. The summed E-state index contributed by atoms with van der Waals surface area (Å²) in [5.74, 6) is -2.01. The Balaban J connectivity index is 2.02. The third kappa shape index (κ3) is 4.42. The van der Waals surface area contributed by atoms with Crippen LogP contribution in [0, 0.1) is 5.92 Å². The minimum Gasteiger partial charge on any atom is -0.480 e. The van der Waals surface area contributed by atoms with E-state index in [9.17, 15) is 19.5 Å². The average Bonchev–Trinajstić information content (AvgIpc) is 2.52. The topological polar surface area (TPSA) is 95.5 Å². The maximum atomic E-state index is 12.2. The molecule has 2 rings (SSSR count). The quantitative estimate of drug-likeness (QED) is 0.715. The van der Waals surface area contributed by atoms with Crippen LogP contribution in [0.4, 0.5) is 5.69 Å². The highest BCUT2D eigenvalue weighted by Crippen LogP contribution is 2.38. The second-order valence-corrected chi connectivity index (χ2v) is 7.39. The Kier molecular flexibility index (Phi) is 6.12. The fraction of sp³-hybridized carbons (Fsp3) is 0.438. The summed E-state index contributed by atoms with van der Waals surface area (Å²) in [5.41, 5.74) is 0.622. The van der Waals surface area contributed by atoms with E-state index in [2.05, 4.69) is 10.6 Å². The predicted octanol–water partition coefficient (Wildman–Crippen LogP) is 2.76. The normalized spacial score (nSPS) is 19.0. The predicted molar refractivity (Wildman–Crippen MR) is 93.4 cm³/mol. The first-order valence-electron chi connectivity index (χ1n) is 7.61. The van der Waals surface area contributed by atoms with Crippen LogP contribution in [0.25, 0.3) is 0 Å². The molecule has 130 valence electrons. The lowest BCUT2D eigenvalue weighted by Crippen LogP contribution is -2.46. The minimum atomic E-state index is -1.07. The van der Waals surface area contributed by atoms with Gasteiger partial charge in [-0.15, -0.1) is 11.8 Å². The summed E-state index contributed by atoms with van der Waals surface area (Å²) >= 11 is 7.17. The Morgan fingerprint density at radius 3 is 2.79 bits per heavy atom. The average molecular weight is 371 g/mol. The summed E-state index contributed by atoms with van der Waals surface area (Å²) in [5, 5.41) is 14.4. The fourth-order valence-corrected chi connectivity index (χ4v) is 3.60. The molecule has 0 aromatic heterocycles. The summed E-state index contributed by atoms with van der Waals surface area (Å²) < 4.78 is 0. The summed E-state index contributed by atoms with van der Waals surface area (Å²) in [6.45, 7) is 3.63. The van der Waals surface area contributed by atoms with E-state index in [0.717, 1.165) is 4.90 Å². The van der Waals surface area contributed by atoms with Crippen molar-refractivity contribution in [2.45, 2.75) is 42.9 Å². The Hall–Kier alpha value is -1.73. The summed E-state index contributed by atoms with van der Waals surface area (Å²) in [6.07, 6.45) is 0.544. The lowest BCUT2D eigenvalue weighted by molar-refractivity contribution is -0.143. The minimum absolute atomic E-state index is 0.0845. The van der Waals surface area contributed by atoms with Crippen molar-refractivity contribution in [3.05, 3.63) is 23.2 Å². The van der Waals surface area contributed by atoms with E-state index in [1.807, 2.05) is 6.92 Å². The van der Waals surface area contributed by atoms with E-state index in [0.29, 0.717) is 17.1 Å². The number of hydrogen-bond acceptors (Lipinski definition) is 4. The van der Waals surface area contributed by atoms with Crippen molar-refractivity contribution in [3.8, 4) is 0 Å². The van der Waals surface area contributed by atoms with Gasteiger partial charge in [0.2, 0.25) is 11.8 Å². The molecule has 1 heterocycles. The first kappa shape index (κ1) is 18.6. The van der Waals surface area contributed by atoms with Crippen LogP contribution >= 0.6 is 23.4 Å². The third-order valence-electron chi connectivity index (χ3n) is 3.93. The van der Waals surface area contributed by atoms with Crippen LogP contribution < -0.4 is 10.6 Å². The zero-order chi connectivity index (χ0) is 17.9. The number of carboxylic acids is 1. The van der Waals surface area contributed by atoms with Gasteiger partial charge in [0.25, 0.3) is 0 Å². The van der Waals surface area contributed by atoms with Gasteiger partial charge >= 0.3 is 5.97 Å². The number of carboxylic acid groups (broad SMARTS) is 1. The molecule has 0 fully saturated rings. The highest BCUT2D eigenvalue weighted by molar-refractivity contribution is 8.01. The summed E-state index contributed by atoms with van der Waals surface area (Å²) in [4.78, 5) is 36.4. The number of halogens is 1. The summed E-state index contributed by atoms with van der Waals surface area (Å²) in [6, 6.07) is 4.20. The second-order valence-electron chi connectivity index (χ2n) is 5.71. The van der Waals surface area contributed by atoms with E-state index in [-0.39, 0.29) is 18.2 Å². The molecule has 1 aliphatic heterocycles. The van der Waals surface area contributed by atoms with Crippen LogP contribution in [0.15, 0.2) is 23.1 Å². The van der Waals surface area contributed by atoms with Crippen molar-refractivity contribution < 1.29 is 19.5 Å². The van der Waals surface area contributed by atoms with Crippen molar-refractivity contribution in [1.29, 1.82) is 0 Å². The van der Waals surface area contributed by atoms with Crippen LogP contribution in [0.2, 0.25) is 5.02 Å². The first-order chi connectivity index (χ1) is 11.3. The van der Waals surface area contributed by atoms with Crippen molar-refractivity contribution in [2.75, 3.05) is 5.32 Å². The maximum absolute atomic E-state index is 12.2. The number of amides is 2. The van der Waals surface area contributed by atoms with Gasteiger partial charge < -0.3 is 15.7 Å².